The first kappa shape index (κ1) is 22.7. The molecule has 1 aliphatic heterocycles. The summed E-state index contributed by atoms with van der Waals surface area (Å²) < 4.78 is 5.14. The summed E-state index contributed by atoms with van der Waals surface area (Å²) in [5, 5.41) is 10.4. The van der Waals surface area contributed by atoms with Gasteiger partial charge >= 0.3 is 0 Å². The first-order valence-electron chi connectivity index (χ1n) is 10.6. The van der Waals surface area contributed by atoms with Crippen molar-refractivity contribution < 1.29 is 14.3 Å². The van der Waals surface area contributed by atoms with Crippen LogP contribution in [0.2, 0.25) is 5.02 Å². The highest BCUT2D eigenvalue weighted by atomic mass is 35.5. The number of methoxy groups -OCH3 is 1. The number of aromatic amines is 1. The van der Waals surface area contributed by atoms with E-state index in [0.717, 1.165) is 0 Å². The molecule has 0 aromatic carbocycles. The van der Waals surface area contributed by atoms with Crippen LogP contribution < -0.4 is 10.1 Å². The van der Waals surface area contributed by atoms with Crippen molar-refractivity contribution in [2.24, 2.45) is 5.92 Å². The first-order chi connectivity index (χ1) is 16.0. The van der Waals surface area contributed by atoms with Gasteiger partial charge in [-0.05, 0) is 25.8 Å². The fourth-order valence-electron chi connectivity index (χ4n) is 3.75. The predicted molar refractivity (Wildman–Crippen MR) is 121 cm³/mol. The second-order valence-corrected chi connectivity index (χ2v) is 8.21. The quantitative estimate of drug-likeness (QED) is 0.568. The minimum absolute atomic E-state index is 0.0383. The highest BCUT2D eigenvalue weighted by molar-refractivity contribution is 6.33. The van der Waals surface area contributed by atoms with Crippen LogP contribution in [-0.4, -0.2) is 62.1 Å². The van der Waals surface area contributed by atoms with Gasteiger partial charge in [-0.2, -0.15) is 5.10 Å². The van der Waals surface area contributed by atoms with E-state index in [1.54, 1.807) is 35.6 Å². The van der Waals surface area contributed by atoms with Gasteiger partial charge in [0.25, 0.3) is 5.91 Å². The van der Waals surface area contributed by atoms with Crippen molar-refractivity contribution in [3.8, 4) is 17.1 Å². The number of likely N-dealkylation sites (tertiary alicyclic amines) is 1. The summed E-state index contributed by atoms with van der Waals surface area (Å²) in [5.74, 6) is 0.0156. The third-order valence-corrected chi connectivity index (χ3v) is 5.97. The van der Waals surface area contributed by atoms with Gasteiger partial charge in [0, 0.05) is 43.0 Å². The zero-order valence-electron chi connectivity index (χ0n) is 18.3. The number of carbonyl (C=O) groups excluding carboxylic acids is 2. The van der Waals surface area contributed by atoms with Crippen LogP contribution in [0.25, 0.3) is 11.3 Å². The van der Waals surface area contributed by atoms with Crippen molar-refractivity contribution in [3.63, 3.8) is 0 Å². The fraction of sp³-hybridized carbons (Fsp3) is 0.364. The lowest BCUT2D eigenvalue weighted by Gasteiger charge is -2.31. The van der Waals surface area contributed by atoms with E-state index in [-0.39, 0.29) is 29.5 Å². The SMILES string of the molecule is COc1cc(-c2cc(C(=O)N3CCC(C(=O)NC(C)c4cnccn4)CC3)n[nH]2)c(Cl)cn1. The Kier molecular flexibility index (Phi) is 6.83. The molecular formula is C22H24ClN7O3. The molecule has 4 rings (SSSR count). The van der Waals surface area contributed by atoms with Gasteiger partial charge in [0.15, 0.2) is 5.69 Å². The molecule has 10 nitrogen and oxygen atoms in total. The number of halogens is 1. The van der Waals surface area contributed by atoms with Crippen LogP contribution in [0, 0.1) is 5.92 Å². The summed E-state index contributed by atoms with van der Waals surface area (Å²) >= 11 is 6.24. The number of piperidine rings is 1. The molecule has 0 spiro atoms. The number of carbonyl (C=O) groups is 2. The Morgan fingerprint density at radius 3 is 2.70 bits per heavy atom. The lowest BCUT2D eigenvalue weighted by atomic mass is 9.95. The van der Waals surface area contributed by atoms with E-state index in [2.05, 4.69) is 30.5 Å². The van der Waals surface area contributed by atoms with Gasteiger partial charge in [0.05, 0.1) is 42.0 Å². The van der Waals surface area contributed by atoms with Gasteiger partial charge in [-0.1, -0.05) is 11.6 Å². The molecule has 0 bridgehead atoms. The van der Waals surface area contributed by atoms with E-state index in [9.17, 15) is 9.59 Å². The maximum atomic E-state index is 12.9. The highest BCUT2D eigenvalue weighted by Gasteiger charge is 2.29. The Bertz CT molecular complexity index is 1130. The molecular weight excluding hydrogens is 446 g/mol. The lowest BCUT2D eigenvalue weighted by molar-refractivity contribution is -0.127. The second-order valence-electron chi connectivity index (χ2n) is 7.80. The van der Waals surface area contributed by atoms with Gasteiger partial charge in [-0.25, -0.2) is 4.98 Å². The van der Waals surface area contributed by atoms with Gasteiger partial charge < -0.3 is 15.0 Å². The average molecular weight is 470 g/mol. The monoisotopic (exact) mass is 469 g/mol. The van der Waals surface area contributed by atoms with Gasteiger partial charge in [-0.3, -0.25) is 24.7 Å². The fourth-order valence-corrected chi connectivity index (χ4v) is 3.96. The number of aromatic nitrogens is 5. The normalized spacial score (nSPS) is 15.2. The van der Waals surface area contributed by atoms with Gasteiger partial charge in [0.1, 0.15) is 0 Å². The molecule has 11 heteroatoms. The van der Waals surface area contributed by atoms with Crippen molar-refractivity contribution >= 4 is 23.4 Å². The zero-order chi connectivity index (χ0) is 23.4. The number of ether oxygens (including phenoxy) is 1. The van der Waals surface area contributed by atoms with Crippen LogP contribution in [0.4, 0.5) is 0 Å². The Labute approximate surface area is 195 Å². The lowest BCUT2D eigenvalue weighted by Crippen LogP contribution is -2.43. The number of nitrogens with one attached hydrogen (secondary N) is 2. The number of rotatable bonds is 6. The molecule has 0 aliphatic carbocycles. The maximum absolute atomic E-state index is 12.9. The molecule has 1 aliphatic rings. The van der Waals surface area contributed by atoms with Crippen molar-refractivity contribution in [2.45, 2.75) is 25.8 Å². The van der Waals surface area contributed by atoms with E-state index in [4.69, 9.17) is 16.3 Å². The summed E-state index contributed by atoms with van der Waals surface area (Å²) in [6.07, 6.45) is 7.47. The van der Waals surface area contributed by atoms with Crippen molar-refractivity contribution in [3.05, 3.63) is 53.3 Å². The molecule has 1 fully saturated rings. The number of H-pyrrole nitrogens is 1. The third kappa shape index (κ3) is 5.11. The highest BCUT2D eigenvalue weighted by Crippen LogP contribution is 2.29. The van der Waals surface area contributed by atoms with Crippen LogP contribution in [0.5, 0.6) is 5.88 Å². The van der Waals surface area contributed by atoms with Crippen LogP contribution in [0.3, 0.4) is 0 Å². The number of hydrogen-bond acceptors (Lipinski definition) is 7. The molecule has 1 saturated heterocycles. The molecule has 0 radical (unpaired) electrons. The van der Waals surface area contributed by atoms with Crippen LogP contribution in [0.1, 0.15) is 42.0 Å². The summed E-state index contributed by atoms with van der Waals surface area (Å²) in [6, 6.07) is 3.10. The van der Waals surface area contributed by atoms with E-state index < -0.39 is 0 Å². The first-order valence-corrected chi connectivity index (χ1v) is 10.9. The molecule has 0 saturated carbocycles. The van der Waals surface area contributed by atoms with Crippen molar-refractivity contribution in [2.75, 3.05) is 20.2 Å². The standard InChI is InChI=1S/C22H24ClN7O3/c1-13(19-12-24-5-6-25-19)27-21(31)14-3-7-30(8-4-14)22(32)18-10-17(28-29-18)15-9-20(33-2)26-11-16(15)23/h5-6,9-14H,3-4,7-8H2,1-2H3,(H,27,31)(H,28,29). The largest absolute Gasteiger partial charge is 0.481 e. The van der Waals surface area contributed by atoms with Crippen molar-refractivity contribution in [1.29, 1.82) is 0 Å². The molecule has 1 unspecified atom stereocenters. The topological polar surface area (TPSA) is 126 Å². The van der Waals surface area contributed by atoms with Gasteiger partial charge in [0.2, 0.25) is 11.8 Å². The van der Waals surface area contributed by atoms with Crippen LogP contribution in [0.15, 0.2) is 36.9 Å². The van der Waals surface area contributed by atoms with Gasteiger partial charge in [-0.15, -0.1) is 0 Å². The Balaban J connectivity index is 1.35. The minimum atomic E-state index is -0.230. The summed E-state index contributed by atoms with van der Waals surface area (Å²) in [6.45, 7) is 2.82. The Hall–Kier alpha value is -3.53. The Morgan fingerprint density at radius 2 is 2.00 bits per heavy atom. The second kappa shape index (κ2) is 9.95. The minimum Gasteiger partial charge on any atom is -0.481 e. The molecule has 4 heterocycles. The molecule has 172 valence electrons. The molecule has 2 amide bonds. The summed E-state index contributed by atoms with van der Waals surface area (Å²) in [7, 11) is 1.52. The predicted octanol–water partition coefficient (Wildman–Crippen LogP) is 2.65. The van der Waals surface area contributed by atoms with Crippen LogP contribution in [-0.2, 0) is 4.79 Å². The Morgan fingerprint density at radius 1 is 1.21 bits per heavy atom. The molecule has 33 heavy (non-hydrogen) atoms. The molecule has 3 aromatic rings. The molecule has 1 atom stereocenters. The number of pyridine rings is 1. The van der Waals surface area contributed by atoms with E-state index in [1.807, 2.05) is 6.92 Å². The summed E-state index contributed by atoms with van der Waals surface area (Å²) in [4.78, 5) is 39.6. The zero-order valence-corrected chi connectivity index (χ0v) is 19.0. The van der Waals surface area contributed by atoms with E-state index >= 15 is 0 Å². The third-order valence-electron chi connectivity index (χ3n) is 5.67. The number of hydrogen-bond donors (Lipinski definition) is 2. The van der Waals surface area contributed by atoms with Crippen molar-refractivity contribution in [1.82, 2.24) is 35.4 Å². The van der Waals surface area contributed by atoms with E-state index in [1.165, 1.54) is 13.3 Å². The number of nitrogens with zero attached hydrogens (tertiary/aromatic N) is 5. The van der Waals surface area contributed by atoms with E-state index in [0.29, 0.717) is 53.8 Å². The average Bonchev–Trinajstić information content (AvgIpc) is 3.34. The van der Waals surface area contributed by atoms with Crippen LogP contribution >= 0.6 is 11.6 Å². The molecule has 2 N–H and O–H groups in total. The number of amides is 2. The smallest absolute Gasteiger partial charge is 0.274 e. The molecule has 3 aromatic heterocycles. The summed E-state index contributed by atoms with van der Waals surface area (Å²) in [5.41, 5.74) is 2.23. The maximum Gasteiger partial charge on any atom is 0.274 e.